The van der Waals surface area contributed by atoms with Crippen LogP contribution in [0.4, 0.5) is 5.69 Å². The van der Waals surface area contributed by atoms with Crippen LogP contribution >= 0.6 is 0 Å². The van der Waals surface area contributed by atoms with Crippen molar-refractivity contribution in [1.29, 1.82) is 0 Å². The maximum atomic E-state index is 13.1. The number of amides is 2. The van der Waals surface area contributed by atoms with Crippen LogP contribution in [0.2, 0.25) is 0 Å². The molecule has 0 bridgehead atoms. The third kappa shape index (κ3) is 3.66. The Balaban J connectivity index is 1.82. The minimum absolute atomic E-state index is 0.0639. The highest BCUT2D eigenvalue weighted by Gasteiger charge is 2.30. The molecule has 0 aliphatic carbocycles. The number of aromatic nitrogens is 2. The van der Waals surface area contributed by atoms with E-state index < -0.39 is 0 Å². The Morgan fingerprint density at radius 3 is 2.69 bits per heavy atom. The quantitative estimate of drug-likeness (QED) is 0.789. The van der Waals surface area contributed by atoms with Crippen LogP contribution in [0, 0.1) is 0 Å². The molecule has 0 radical (unpaired) electrons. The predicted octanol–water partition coefficient (Wildman–Crippen LogP) is 2.98. The highest BCUT2D eigenvalue weighted by Crippen LogP contribution is 2.29. The van der Waals surface area contributed by atoms with Crippen LogP contribution in [0.3, 0.4) is 0 Å². The van der Waals surface area contributed by atoms with Crippen molar-refractivity contribution in [1.82, 2.24) is 15.0 Å². The van der Waals surface area contributed by atoms with Gasteiger partial charge in [-0.3, -0.25) is 9.59 Å². The second kappa shape index (κ2) is 7.95. The van der Waals surface area contributed by atoms with Crippen molar-refractivity contribution in [3.8, 4) is 0 Å². The largest absolute Gasteiger partial charge is 0.343 e. The van der Waals surface area contributed by atoms with Crippen molar-refractivity contribution in [2.75, 3.05) is 18.5 Å². The number of likely N-dealkylation sites (N-methyl/N-ethyl adjacent to an activating group) is 1. The SMILES string of the molecule is C=CC(=O)N(C)c1ccc(C(=O)N2CCCCCC2c2ncon2)cc1. The Morgan fingerprint density at radius 2 is 2.04 bits per heavy atom. The molecule has 1 aliphatic heterocycles. The molecule has 7 nitrogen and oxygen atoms in total. The number of nitrogens with zero attached hydrogens (tertiary/aromatic N) is 4. The van der Waals surface area contributed by atoms with Crippen molar-refractivity contribution in [2.45, 2.75) is 31.7 Å². The van der Waals surface area contributed by atoms with Crippen molar-refractivity contribution in [3.63, 3.8) is 0 Å². The van der Waals surface area contributed by atoms with Crippen LogP contribution < -0.4 is 4.90 Å². The number of anilines is 1. The maximum Gasteiger partial charge on any atom is 0.254 e. The Hall–Kier alpha value is -2.96. The molecule has 1 aliphatic rings. The van der Waals surface area contributed by atoms with Crippen molar-refractivity contribution >= 4 is 17.5 Å². The first-order chi connectivity index (χ1) is 12.6. The van der Waals surface area contributed by atoms with Crippen molar-refractivity contribution < 1.29 is 14.1 Å². The molecule has 1 saturated heterocycles. The second-order valence-electron chi connectivity index (χ2n) is 6.30. The van der Waals surface area contributed by atoms with E-state index in [1.165, 1.54) is 17.4 Å². The van der Waals surface area contributed by atoms with Gasteiger partial charge in [0, 0.05) is 24.8 Å². The molecule has 26 heavy (non-hydrogen) atoms. The smallest absolute Gasteiger partial charge is 0.254 e. The summed E-state index contributed by atoms with van der Waals surface area (Å²) in [7, 11) is 1.67. The lowest BCUT2D eigenvalue weighted by Gasteiger charge is -2.28. The van der Waals surface area contributed by atoms with E-state index in [0.717, 1.165) is 25.7 Å². The molecule has 2 aromatic rings. The van der Waals surface area contributed by atoms with Crippen LogP contribution in [0.15, 0.2) is 47.8 Å². The lowest BCUT2D eigenvalue weighted by Crippen LogP contribution is -2.35. The Kier molecular flexibility index (Phi) is 5.46. The molecule has 3 rings (SSSR count). The van der Waals surface area contributed by atoms with Crippen LogP contribution in [0.25, 0.3) is 0 Å². The summed E-state index contributed by atoms with van der Waals surface area (Å²) < 4.78 is 4.87. The summed E-state index contributed by atoms with van der Waals surface area (Å²) in [5.41, 5.74) is 1.28. The van der Waals surface area contributed by atoms with E-state index in [0.29, 0.717) is 23.6 Å². The molecule has 136 valence electrons. The van der Waals surface area contributed by atoms with Gasteiger partial charge in [0.2, 0.25) is 12.3 Å². The number of likely N-dealkylation sites (tertiary alicyclic amines) is 1. The summed E-state index contributed by atoms with van der Waals surface area (Å²) in [5, 5.41) is 3.94. The molecule has 1 atom stereocenters. The number of carbonyl (C=O) groups is 2. The number of carbonyl (C=O) groups excluding carboxylic acids is 2. The van der Waals surface area contributed by atoms with Gasteiger partial charge in [-0.1, -0.05) is 24.6 Å². The zero-order chi connectivity index (χ0) is 18.5. The van der Waals surface area contributed by atoms with Gasteiger partial charge < -0.3 is 14.3 Å². The highest BCUT2D eigenvalue weighted by molar-refractivity contribution is 6.01. The topological polar surface area (TPSA) is 79.5 Å². The van der Waals surface area contributed by atoms with Gasteiger partial charge in [0.1, 0.15) is 0 Å². The van der Waals surface area contributed by atoms with Gasteiger partial charge in [-0.15, -0.1) is 0 Å². The summed E-state index contributed by atoms with van der Waals surface area (Å²) in [4.78, 5) is 32.2. The molecule has 0 saturated carbocycles. The van der Waals surface area contributed by atoms with Gasteiger partial charge in [0.15, 0.2) is 5.82 Å². The minimum atomic E-state index is -0.200. The van der Waals surface area contributed by atoms with Gasteiger partial charge >= 0.3 is 0 Å². The minimum Gasteiger partial charge on any atom is -0.343 e. The van der Waals surface area contributed by atoms with Gasteiger partial charge in [0.25, 0.3) is 5.91 Å². The Morgan fingerprint density at radius 1 is 1.27 bits per heavy atom. The number of hydrogen-bond donors (Lipinski definition) is 0. The molecular formula is C19H22N4O3. The summed E-state index contributed by atoms with van der Waals surface area (Å²) in [6.45, 7) is 4.15. The van der Waals surface area contributed by atoms with E-state index in [2.05, 4.69) is 16.7 Å². The Labute approximate surface area is 152 Å². The predicted molar refractivity (Wildman–Crippen MR) is 96.6 cm³/mol. The molecule has 2 heterocycles. The highest BCUT2D eigenvalue weighted by atomic mass is 16.5. The molecule has 1 aromatic heterocycles. The van der Waals surface area contributed by atoms with Gasteiger partial charge in [0.05, 0.1) is 6.04 Å². The van der Waals surface area contributed by atoms with E-state index in [1.807, 2.05) is 4.90 Å². The monoisotopic (exact) mass is 354 g/mol. The van der Waals surface area contributed by atoms with Crippen molar-refractivity contribution in [2.24, 2.45) is 0 Å². The maximum absolute atomic E-state index is 13.1. The normalized spacial score (nSPS) is 17.4. The van der Waals surface area contributed by atoms with Gasteiger partial charge in [-0.25, -0.2) is 0 Å². The second-order valence-corrected chi connectivity index (χ2v) is 6.30. The van der Waals surface area contributed by atoms with Gasteiger partial charge in [-0.2, -0.15) is 4.98 Å². The fourth-order valence-electron chi connectivity index (χ4n) is 3.20. The van der Waals surface area contributed by atoms with E-state index in [-0.39, 0.29) is 17.9 Å². The zero-order valence-electron chi connectivity index (χ0n) is 14.8. The molecule has 1 aromatic carbocycles. The standard InChI is InChI=1S/C19H22N4O3/c1-3-17(24)22(2)15-10-8-14(9-11-15)19(25)23-12-6-4-5-7-16(23)18-20-13-26-21-18/h3,8-11,13,16H,1,4-7,12H2,2H3. The summed E-state index contributed by atoms with van der Waals surface area (Å²) in [6.07, 6.45) is 6.42. The van der Waals surface area contributed by atoms with Crippen molar-refractivity contribution in [3.05, 3.63) is 54.7 Å². The average Bonchev–Trinajstić information content (AvgIpc) is 3.10. The lowest BCUT2D eigenvalue weighted by molar-refractivity contribution is -0.113. The molecular weight excluding hydrogens is 332 g/mol. The number of benzene rings is 1. The fraction of sp³-hybridized carbons (Fsp3) is 0.368. The first kappa shape index (κ1) is 17.8. The summed E-state index contributed by atoms with van der Waals surface area (Å²) >= 11 is 0. The van der Waals surface area contributed by atoms with Crippen LogP contribution in [0.1, 0.15) is 47.9 Å². The molecule has 7 heteroatoms. The van der Waals surface area contributed by atoms with E-state index in [1.54, 1.807) is 31.3 Å². The third-order valence-corrected chi connectivity index (χ3v) is 4.70. The Bertz CT molecular complexity index is 771. The first-order valence-corrected chi connectivity index (χ1v) is 8.69. The summed E-state index contributed by atoms with van der Waals surface area (Å²) in [5.74, 6) is 0.285. The van der Waals surface area contributed by atoms with E-state index >= 15 is 0 Å². The number of hydrogen-bond acceptors (Lipinski definition) is 5. The van der Waals surface area contributed by atoms with Crippen LogP contribution in [0.5, 0.6) is 0 Å². The van der Waals surface area contributed by atoms with Crippen LogP contribution in [-0.4, -0.2) is 40.4 Å². The molecule has 0 spiro atoms. The number of rotatable bonds is 4. The van der Waals surface area contributed by atoms with E-state index in [4.69, 9.17) is 4.52 Å². The molecule has 1 fully saturated rings. The molecule has 0 N–H and O–H groups in total. The molecule has 1 unspecified atom stereocenters. The average molecular weight is 354 g/mol. The zero-order valence-corrected chi connectivity index (χ0v) is 14.8. The van der Waals surface area contributed by atoms with Gasteiger partial charge in [-0.05, 0) is 43.2 Å². The third-order valence-electron chi connectivity index (χ3n) is 4.70. The van der Waals surface area contributed by atoms with Crippen LogP contribution in [-0.2, 0) is 4.79 Å². The fourth-order valence-corrected chi connectivity index (χ4v) is 3.20. The van der Waals surface area contributed by atoms with E-state index in [9.17, 15) is 9.59 Å². The summed E-state index contributed by atoms with van der Waals surface area (Å²) in [6, 6.07) is 6.82. The first-order valence-electron chi connectivity index (χ1n) is 8.69. The lowest BCUT2D eigenvalue weighted by atomic mass is 10.1. The molecule has 2 amide bonds.